The number of amides is 1. The van der Waals surface area contributed by atoms with Crippen LogP contribution < -0.4 is 5.32 Å². The van der Waals surface area contributed by atoms with E-state index in [4.69, 9.17) is 18.9 Å². The number of hydrogen-bond acceptors (Lipinski definition) is 10. The molecule has 6 N–H and O–H groups in total. The van der Waals surface area contributed by atoms with Gasteiger partial charge < -0.3 is 49.8 Å². The first-order valence-electron chi connectivity index (χ1n) is 14.3. The number of aliphatic hydroxyl groups is 5. The number of hydrogen-bond donors (Lipinski definition) is 6. The highest BCUT2D eigenvalue weighted by atomic mass is 16.7. The highest BCUT2D eigenvalue weighted by Gasteiger charge is 2.53. The second kappa shape index (κ2) is 11.5. The summed E-state index contributed by atoms with van der Waals surface area (Å²) in [5.41, 5.74) is -0.0211. The molecule has 38 heavy (non-hydrogen) atoms. The summed E-state index contributed by atoms with van der Waals surface area (Å²) in [5.74, 6) is 1.34. The number of rotatable bonds is 9. The molecule has 0 aromatic rings. The number of aliphatic hydroxyl groups excluding tert-OH is 5. The maximum atomic E-state index is 13.4. The van der Waals surface area contributed by atoms with Crippen molar-refractivity contribution in [2.24, 2.45) is 29.1 Å². The second-order valence-electron chi connectivity index (χ2n) is 12.5. The number of carbonyl (C=O) groups excluding carboxylic acids is 1. The van der Waals surface area contributed by atoms with Crippen molar-refractivity contribution >= 4 is 5.91 Å². The molecule has 0 radical (unpaired) electrons. The third-order valence-electron chi connectivity index (χ3n) is 9.71. The van der Waals surface area contributed by atoms with E-state index in [1.54, 1.807) is 13.8 Å². The van der Waals surface area contributed by atoms with E-state index < -0.39 is 74.4 Å². The summed E-state index contributed by atoms with van der Waals surface area (Å²) in [7, 11) is 0. The summed E-state index contributed by atoms with van der Waals surface area (Å²) in [4.78, 5) is 13.4. The Balaban J connectivity index is 1.33. The van der Waals surface area contributed by atoms with Gasteiger partial charge in [-0.15, -0.1) is 0 Å². The molecule has 5 unspecified atom stereocenters. The van der Waals surface area contributed by atoms with Gasteiger partial charge in [0.05, 0.1) is 19.3 Å². The van der Waals surface area contributed by atoms with Gasteiger partial charge >= 0.3 is 0 Å². The summed E-state index contributed by atoms with van der Waals surface area (Å²) >= 11 is 0. The molecule has 2 aliphatic heterocycles. The van der Waals surface area contributed by atoms with Gasteiger partial charge in [-0.3, -0.25) is 4.79 Å². The lowest BCUT2D eigenvalue weighted by Gasteiger charge is -2.56. The molecule has 1 amide bonds. The summed E-state index contributed by atoms with van der Waals surface area (Å²) in [5, 5.41) is 54.5. The summed E-state index contributed by atoms with van der Waals surface area (Å²) in [6.45, 7) is 2.81. The standard InChI is InChI=1S/C27H45NO10/c1-3-35-23-13(2)25(34)36-18(12-30)24(23)38-26-20(22(33)21(32)17(11-29)37-26)28-19(31)10-27-7-14-4-15(8-27)6-16(5-14)9-27/h13-18,20-26,29-30,32-34H,3-12H2,1-2H3,(H,28,31)/t13?,14?,15?,16?,17?,18?,20?,21-,22-,23-,24-,25?,26+,27?/m1/s1. The Labute approximate surface area is 223 Å². The molecule has 4 aliphatic carbocycles. The van der Waals surface area contributed by atoms with Crippen LogP contribution in [0.1, 0.15) is 58.8 Å². The average molecular weight is 544 g/mol. The maximum Gasteiger partial charge on any atom is 0.221 e. The predicted octanol–water partition coefficient (Wildman–Crippen LogP) is -0.347. The largest absolute Gasteiger partial charge is 0.394 e. The molecule has 0 aromatic heterocycles. The molecular formula is C27H45NO10. The van der Waals surface area contributed by atoms with Crippen LogP contribution in [-0.4, -0.2) is 107 Å². The molecule has 4 bridgehead atoms. The molecule has 2 heterocycles. The van der Waals surface area contributed by atoms with E-state index >= 15 is 0 Å². The van der Waals surface area contributed by atoms with Crippen LogP contribution in [0.15, 0.2) is 0 Å². The maximum absolute atomic E-state index is 13.4. The molecule has 10 atom stereocenters. The van der Waals surface area contributed by atoms with Crippen molar-refractivity contribution in [3.8, 4) is 0 Å². The van der Waals surface area contributed by atoms with E-state index in [1.165, 1.54) is 19.3 Å². The first-order chi connectivity index (χ1) is 18.2. The molecule has 11 heteroatoms. The molecule has 0 aromatic carbocycles. The minimum absolute atomic E-state index is 0.0211. The van der Waals surface area contributed by atoms with Crippen molar-refractivity contribution in [3.63, 3.8) is 0 Å². The Kier molecular flexibility index (Phi) is 8.69. The normalized spacial score (nSPS) is 50.2. The van der Waals surface area contributed by atoms with Gasteiger partial charge in [0.2, 0.25) is 5.91 Å². The van der Waals surface area contributed by atoms with Crippen LogP contribution in [0.2, 0.25) is 0 Å². The average Bonchev–Trinajstić information content (AvgIpc) is 2.86. The van der Waals surface area contributed by atoms with Crippen LogP contribution in [0, 0.1) is 29.1 Å². The summed E-state index contributed by atoms with van der Waals surface area (Å²) in [6, 6.07) is -1.13. The van der Waals surface area contributed by atoms with Crippen molar-refractivity contribution in [3.05, 3.63) is 0 Å². The van der Waals surface area contributed by atoms with Crippen molar-refractivity contribution in [2.75, 3.05) is 19.8 Å². The molecule has 6 aliphatic rings. The van der Waals surface area contributed by atoms with Crippen molar-refractivity contribution in [2.45, 2.75) is 114 Å². The lowest BCUT2D eigenvalue weighted by Crippen LogP contribution is -2.67. The molecule has 218 valence electrons. The lowest BCUT2D eigenvalue weighted by molar-refractivity contribution is -0.337. The Morgan fingerprint density at radius 1 is 0.921 bits per heavy atom. The van der Waals surface area contributed by atoms with Crippen LogP contribution in [0.25, 0.3) is 0 Å². The fraction of sp³-hybridized carbons (Fsp3) is 0.963. The van der Waals surface area contributed by atoms with Gasteiger partial charge in [0, 0.05) is 18.9 Å². The molecule has 4 saturated carbocycles. The zero-order valence-corrected chi connectivity index (χ0v) is 22.4. The zero-order valence-electron chi connectivity index (χ0n) is 22.4. The Bertz CT molecular complexity index is 792. The van der Waals surface area contributed by atoms with Gasteiger partial charge in [0.15, 0.2) is 12.6 Å². The molecule has 2 saturated heterocycles. The van der Waals surface area contributed by atoms with Crippen LogP contribution in [0.3, 0.4) is 0 Å². The predicted molar refractivity (Wildman–Crippen MR) is 132 cm³/mol. The van der Waals surface area contributed by atoms with Crippen molar-refractivity contribution in [1.29, 1.82) is 0 Å². The highest BCUT2D eigenvalue weighted by Crippen LogP contribution is 2.61. The molecule has 6 fully saturated rings. The van der Waals surface area contributed by atoms with Gasteiger partial charge in [-0.25, -0.2) is 0 Å². The van der Waals surface area contributed by atoms with E-state index in [2.05, 4.69) is 5.32 Å². The topological polar surface area (TPSA) is 167 Å². The van der Waals surface area contributed by atoms with E-state index in [-0.39, 0.29) is 11.3 Å². The van der Waals surface area contributed by atoms with Crippen LogP contribution in [0.4, 0.5) is 0 Å². The zero-order chi connectivity index (χ0) is 27.2. The third kappa shape index (κ3) is 5.51. The number of ether oxygens (including phenoxy) is 4. The van der Waals surface area contributed by atoms with E-state index in [0.29, 0.717) is 30.8 Å². The minimum Gasteiger partial charge on any atom is -0.394 e. The van der Waals surface area contributed by atoms with Gasteiger partial charge in [-0.1, -0.05) is 6.92 Å². The van der Waals surface area contributed by atoms with Crippen molar-refractivity contribution in [1.82, 2.24) is 5.32 Å². The Morgan fingerprint density at radius 3 is 2.08 bits per heavy atom. The number of carbonyl (C=O) groups is 1. The van der Waals surface area contributed by atoms with Crippen LogP contribution in [0.5, 0.6) is 0 Å². The summed E-state index contributed by atoms with van der Waals surface area (Å²) < 4.78 is 23.5. The second-order valence-corrected chi connectivity index (χ2v) is 12.5. The highest BCUT2D eigenvalue weighted by molar-refractivity contribution is 5.77. The first kappa shape index (κ1) is 28.6. The first-order valence-corrected chi connectivity index (χ1v) is 14.3. The van der Waals surface area contributed by atoms with Gasteiger partial charge in [-0.05, 0) is 68.6 Å². The van der Waals surface area contributed by atoms with Crippen LogP contribution in [-0.2, 0) is 23.7 Å². The van der Waals surface area contributed by atoms with E-state index in [9.17, 15) is 30.3 Å². The quantitative estimate of drug-likeness (QED) is 0.226. The fourth-order valence-corrected chi connectivity index (χ4v) is 8.40. The smallest absolute Gasteiger partial charge is 0.221 e. The van der Waals surface area contributed by atoms with E-state index in [1.807, 2.05) is 0 Å². The number of nitrogens with one attached hydrogen (secondary N) is 1. The van der Waals surface area contributed by atoms with Gasteiger partial charge in [0.25, 0.3) is 0 Å². The van der Waals surface area contributed by atoms with Gasteiger partial charge in [0.1, 0.15) is 36.6 Å². The summed E-state index contributed by atoms with van der Waals surface area (Å²) in [6.07, 6.45) is -1.71. The minimum atomic E-state index is -1.46. The molecular weight excluding hydrogens is 498 g/mol. The molecule has 6 rings (SSSR count). The third-order valence-corrected chi connectivity index (χ3v) is 9.71. The molecule has 11 nitrogen and oxygen atoms in total. The SMILES string of the molecule is CCO[C@@H]1C(C)C(O)OC(CO)[C@H]1O[C@@H]1OC(CO)[C@@H](O)[C@H](O)C1NC(=O)CC12CC3CC(CC(C3)C1)C2. The van der Waals surface area contributed by atoms with E-state index in [0.717, 1.165) is 19.3 Å². The molecule has 0 spiro atoms. The fourth-order valence-electron chi connectivity index (χ4n) is 8.40. The van der Waals surface area contributed by atoms with Gasteiger partial charge in [-0.2, -0.15) is 0 Å². The van der Waals surface area contributed by atoms with Crippen molar-refractivity contribution < 1.29 is 49.3 Å². The Hall–Kier alpha value is -0.890. The van der Waals surface area contributed by atoms with Crippen LogP contribution >= 0.6 is 0 Å². The Morgan fingerprint density at radius 2 is 1.53 bits per heavy atom. The lowest BCUT2D eigenvalue weighted by atomic mass is 9.49. The monoisotopic (exact) mass is 543 g/mol.